The Hall–Kier alpha value is -2.77. The number of benzene rings is 2. The van der Waals surface area contributed by atoms with E-state index in [1.54, 1.807) is 13.3 Å². The van der Waals surface area contributed by atoms with Gasteiger partial charge in [-0.3, -0.25) is 0 Å². The molecule has 0 aliphatic carbocycles. The minimum Gasteiger partial charge on any atom is -0.497 e. The van der Waals surface area contributed by atoms with Crippen LogP contribution in [0, 0.1) is 11.8 Å². The van der Waals surface area contributed by atoms with Gasteiger partial charge >= 0.3 is 0 Å². The smallest absolute Gasteiger partial charge is 0.155 e. The van der Waals surface area contributed by atoms with E-state index in [4.69, 9.17) is 9.47 Å². The summed E-state index contributed by atoms with van der Waals surface area (Å²) in [4.78, 5) is 4.33. The summed E-state index contributed by atoms with van der Waals surface area (Å²) in [5, 5.41) is 0. The van der Waals surface area contributed by atoms with E-state index in [1.165, 1.54) is 0 Å². The van der Waals surface area contributed by atoms with Gasteiger partial charge in [0.1, 0.15) is 12.4 Å². The maximum atomic E-state index is 5.91. The van der Waals surface area contributed by atoms with E-state index < -0.39 is 0 Å². The van der Waals surface area contributed by atoms with Gasteiger partial charge in [-0.2, -0.15) is 0 Å². The van der Waals surface area contributed by atoms with Crippen LogP contribution in [-0.4, -0.2) is 12.1 Å². The van der Waals surface area contributed by atoms with Crippen molar-refractivity contribution in [2.45, 2.75) is 6.61 Å². The van der Waals surface area contributed by atoms with Crippen LogP contribution in [0.5, 0.6) is 11.5 Å². The van der Waals surface area contributed by atoms with Crippen LogP contribution in [0.2, 0.25) is 0 Å². The Balaban J connectivity index is 1.77. The number of halogens is 1. The van der Waals surface area contributed by atoms with Crippen molar-refractivity contribution in [1.29, 1.82) is 0 Å². The van der Waals surface area contributed by atoms with Gasteiger partial charge in [-0.15, -0.1) is 0 Å². The molecule has 3 aromatic rings. The van der Waals surface area contributed by atoms with Crippen LogP contribution in [0.25, 0.3) is 0 Å². The van der Waals surface area contributed by atoms with Gasteiger partial charge in [0.05, 0.1) is 7.11 Å². The first-order valence-corrected chi connectivity index (χ1v) is 8.53. The molecule has 124 valence electrons. The first-order chi connectivity index (χ1) is 12.3. The van der Waals surface area contributed by atoms with E-state index in [0.29, 0.717) is 18.1 Å². The standard InChI is InChI=1S/C21H16BrNO2/c1-24-18-11-8-16(9-12-18)10-13-20-21(7-4-14-23-20)25-15-17-5-2-3-6-19(17)22/h2-9,11-12,14H,15H2,1H3. The lowest BCUT2D eigenvalue weighted by Gasteiger charge is -2.08. The molecule has 25 heavy (non-hydrogen) atoms. The second-order valence-corrected chi connectivity index (χ2v) is 6.06. The third-order valence-electron chi connectivity index (χ3n) is 3.53. The molecule has 1 heterocycles. The summed E-state index contributed by atoms with van der Waals surface area (Å²) >= 11 is 3.53. The highest BCUT2D eigenvalue weighted by atomic mass is 79.9. The number of pyridine rings is 1. The molecule has 0 spiro atoms. The Morgan fingerprint density at radius 2 is 1.76 bits per heavy atom. The second-order valence-electron chi connectivity index (χ2n) is 5.21. The van der Waals surface area contributed by atoms with E-state index in [1.807, 2.05) is 60.7 Å². The fourth-order valence-electron chi connectivity index (χ4n) is 2.18. The zero-order valence-corrected chi connectivity index (χ0v) is 15.3. The second kappa shape index (κ2) is 8.36. The van der Waals surface area contributed by atoms with Gasteiger partial charge in [-0.1, -0.05) is 40.0 Å². The zero-order chi connectivity index (χ0) is 17.5. The molecule has 0 saturated carbocycles. The molecular weight excluding hydrogens is 378 g/mol. The molecule has 4 heteroatoms. The summed E-state index contributed by atoms with van der Waals surface area (Å²) in [5.41, 5.74) is 2.58. The Morgan fingerprint density at radius 3 is 2.52 bits per heavy atom. The normalized spacial score (nSPS) is 9.84. The Labute approximate surface area is 155 Å². The maximum Gasteiger partial charge on any atom is 0.155 e. The Morgan fingerprint density at radius 1 is 0.960 bits per heavy atom. The molecule has 0 radical (unpaired) electrons. The third kappa shape index (κ3) is 4.62. The zero-order valence-electron chi connectivity index (χ0n) is 13.7. The first kappa shape index (κ1) is 17.1. The molecule has 0 aliphatic heterocycles. The van der Waals surface area contributed by atoms with Crippen molar-refractivity contribution in [3.05, 3.63) is 88.2 Å². The molecule has 0 N–H and O–H groups in total. The number of aromatic nitrogens is 1. The molecule has 0 aliphatic rings. The number of hydrogen-bond acceptors (Lipinski definition) is 3. The predicted molar refractivity (Wildman–Crippen MR) is 102 cm³/mol. The van der Waals surface area contributed by atoms with E-state index in [-0.39, 0.29) is 0 Å². The van der Waals surface area contributed by atoms with Crippen LogP contribution in [0.15, 0.2) is 71.3 Å². The Kier molecular flexibility index (Phi) is 5.71. The van der Waals surface area contributed by atoms with Crippen LogP contribution in [-0.2, 0) is 6.61 Å². The molecule has 0 unspecified atom stereocenters. The van der Waals surface area contributed by atoms with E-state index in [9.17, 15) is 0 Å². The molecule has 3 rings (SSSR count). The minimum absolute atomic E-state index is 0.449. The Bertz CT molecular complexity index is 911. The first-order valence-electron chi connectivity index (χ1n) is 7.73. The average molecular weight is 394 g/mol. The van der Waals surface area contributed by atoms with Crippen LogP contribution in [0.3, 0.4) is 0 Å². The minimum atomic E-state index is 0.449. The van der Waals surface area contributed by atoms with Crippen LogP contribution in [0.1, 0.15) is 16.8 Å². The molecule has 0 amide bonds. The predicted octanol–water partition coefficient (Wildman–Crippen LogP) is 4.83. The molecule has 0 atom stereocenters. The van der Waals surface area contributed by atoms with Crippen molar-refractivity contribution in [3.8, 4) is 23.3 Å². The van der Waals surface area contributed by atoms with E-state index in [2.05, 4.69) is 32.8 Å². The van der Waals surface area contributed by atoms with Gasteiger partial charge in [-0.25, -0.2) is 4.98 Å². The van der Waals surface area contributed by atoms with Gasteiger partial charge in [0, 0.05) is 21.8 Å². The summed E-state index contributed by atoms with van der Waals surface area (Å²) in [7, 11) is 1.64. The van der Waals surface area contributed by atoms with E-state index >= 15 is 0 Å². The summed E-state index contributed by atoms with van der Waals surface area (Å²) in [6.07, 6.45) is 1.71. The van der Waals surface area contributed by atoms with Crippen molar-refractivity contribution >= 4 is 15.9 Å². The lowest BCUT2D eigenvalue weighted by Crippen LogP contribution is -1.99. The summed E-state index contributed by atoms with van der Waals surface area (Å²) < 4.78 is 12.1. The number of rotatable bonds is 4. The fourth-order valence-corrected chi connectivity index (χ4v) is 2.58. The highest BCUT2D eigenvalue weighted by Gasteiger charge is 2.04. The summed E-state index contributed by atoms with van der Waals surface area (Å²) in [6.45, 7) is 0.449. The van der Waals surface area contributed by atoms with Gasteiger partial charge in [0.2, 0.25) is 0 Å². The van der Waals surface area contributed by atoms with Gasteiger partial charge in [0.25, 0.3) is 0 Å². The highest BCUT2D eigenvalue weighted by Crippen LogP contribution is 2.20. The van der Waals surface area contributed by atoms with Crippen LogP contribution >= 0.6 is 15.9 Å². The molecule has 0 bridgehead atoms. The fraction of sp³-hybridized carbons (Fsp3) is 0.0952. The van der Waals surface area contributed by atoms with Crippen molar-refractivity contribution in [2.75, 3.05) is 7.11 Å². The number of methoxy groups -OCH3 is 1. The average Bonchev–Trinajstić information content (AvgIpc) is 2.67. The van der Waals surface area contributed by atoms with Gasteiger partial charge in [0.15, 0.2) is 11.4 Å². The summed E-state index contributed by atoms with van der Waals surface area (Å²) in [5.74, 6) is 7.66. The third-order valence-corrected chi connectivity index (χ3v) is 4.30. The SMILES string of the molecule is COc1ccc(C#Cc2ncccc2OCc2ccccc2Br)cc1. The van der Waals surface area contributed by atoms with Crippen molar-refractivity contribution in [1.82, 2.24) is 4.98 Å². The lowest BCUT2D eigenvalue weighted by molar-refractivity contribution is 0.303. The highest BCUT2D eigenvalue weighted by molar-refractivity contribution is 9.10. The van der Waals surface area contributed by atoms with Crippen molar-refractivity contribution in [2.24, 2.45) is 0 Å². The lowest BCUT2D eigenvalue weighted by atomic mass is 10.2. The molecule has 1 aromatic heterocycles. The van der Waals surface area contributed by atoms with Gasteiger partial charge in [-0.05, 0) is 48.4 Å². The molecule has 0 fully saturated rings. The largest absolute Gasteiger partial charge is 0.497 e. The number of hydrogen-bond donors (Lipinski definition) is 0. The number of ether oxygens (including phenoxy) is 2. The van der Waals surface area contributed by atoms with Crippen LogP contribution in [0.4, 0.5) is 0 Å². The number of nitrogens with zero attached hydrogens (tertiary/aromatic N) is 1. The topological polar surface area (TPSA) is 31.4 Å². The maximum absolute atomic E-state index is 5.91. The summed E-state index contributed by atoms with van der Waals surface area (Å²) in [6, 6.07) is 19.3. The van der Waals surface area contributed by atoms with Crippen LogP contribution < -0.4 is 9.47 Å². The van der Waals surface area contributed by atoms with Crippen molar-refractivity contribution < 1.29 is 9.47 Å². The molecule has 3 nitrogen and oxygen atoms in total. The van der Waals surface area contributed by atoms with Gasteiger partial charge < -0.3 is 9.47 Å². The monoisotopic (exact) mass is 393 g/mol. The van der Waals surface area contributed by atoms with Crippen molar-refractivity contribution in [3.63, 3.8) is 0 Å². The van der Waals surface area contributed by atoms with E-state index in [0.717, 1.165) is 21.3 Å². The quantitative estimate of drug-likeness (QED) is 0.594. The molecular formula is C21H16BrNO2. The molecule has 2 aromatic carbocycles. The molecule has 0 saturated heterocycles.